The fourth-order valence-electron chi connectivity index (χ4n) is 2.56. The quantitative estimate of drug-likeness (QED) is 0.735. The summed E-state index contributed by atoms with van der Waals surface area (Å²) in [6.45, 7) is 3.46. The highest BCUT2D eigenvalue weighted by molar-refractivity contribution is 5.75. The van der Waals surface area contributed by atoms with Crippen molar-refractivity contribution in [3.63, 3.8) is 0 Å². The van der Waals surface area contributed by atoms with Crippen molar-refractivity contribution >= 4 is 6.03 Å². The van der Waals surface area contributed by atoms with E-state index in [1.54, 1.807) is 0 Å². The summed E-state index contributed by atoms with van der Waals surface area (Å²) in [4.78, 5) is 16.1. The summed E-state index contributed by atoms with van der Waals surface area (Å²) < 4.78 is 5.25. The summed E-state index contributed by atoms with van der Waals surface area (Å²) in [7, 11) is 0. The maximum Gasteiger partial charge on any atom is 0.320 e. The predicted octanol–water partition coefficient (Wildman–Crippen LogP) is 0.675. The third-order valence-electron chi connectivity index (χ3n) is 3.62. The highest BCUT2D eigenvalue weighted by Crippen LogP contribution is 2.18. The van der Waals surface area contributed by atoms with Crippen LogP contribution in [0.1, 0.15) is 25.7 Å². The van der Waals surface area contributed by atoms with E-state index in [2.05, 4.69) is 0 Å². The number of aliphatic hydroxyl groups is 1. The van der Waals surface area contributed by atoms with Crippen molar-refractivity contribution in [2.24, 2.45) is 0 Å². The van der Waals surface area contributed by atoms with Gasteiger partial charge in [-0.15, -0.1) is 0 Å². The van der Waals surface area contributed by atoms with Crippen LogP contribution in [0.2, 0.25) is 0 Å². The number of hydrogen-bond donors (Lipinski definition) is 1. The van der Waals surface area contributed by atoms with E-state index in [4.69, 9.17) is 4.74 Å². The Morgan fingerprint density at radius 2 is 1.94 bits per heavy atom. The van der Waals surface area contributed by atoms with Gasteiger partial charge in [-0.05, 0) is 12.8 Å². The molecule has 17 heavy (non-hydrogen) atoms. The van der Waals surface area contributed by atoms with Crippen LogP contribution < -0.4 is 0 Å². The van der Waals surface area contributed by atoms with E-state index in [0.717, 1.165) is 32.2 Å². The highest BCUT2D eigenvalue weighted by Gasteiger charge is 2.29. The molecule has 0 aromatic carbocycles. The smallest absolute Gasteiger partial charge is 0.320 e. The summed E-state index contributed by atoms with van der Waals surface area (Å²) in [6, 6.07) is 0.0853. The van der Waals surface area contributed by atoms with Crippen molar-refractivity contribution in [2.75, 3.05) is 39.5 Å². The Morgan fingerprint density at radius 3 is 2.65 bits per heavy atom. The molecule has 2 heterocycles. The summed E-state index contributed by atoms with van der Waals surface area (Å²) in [5, 5.41) is 9.40. The molecule has 0 aliphatic carbocycles. The van der Waals surface area contributed by atoms with Crippen molar-refractivity contribution in [2.45, 2.75) is 31.7 Å². The SMILES string of the molecule is O=C(N1CCOCC1)N1CCCCCC1CO. The van der Waals surface area contributed by atoms with Gasteiger partial charge in [0.2, 0.25) is 0 Å². The molecular weight excluding hydrogens is 220 g/mol. The third kappa shape index (κ3) is 3.10. The first-order valence-corrected chi connectivity index (χ1v) is 6.57. The zero-order valence-corrected chi connectivity index (χ0v) is 10.3. The zero-order valence-electron chi connectivity index (χ0n) is 10.3. The molecule has 0 saturated carbocycles. The van der Waals surface area contributed by atoms with Crippen molar-refractivity contribution in [3.8, 4) is 0 Å². The Labute approximate surface area is 102 Å². The number of ether oxygens (including phenoxy) is 1. The second-order valence-corrected chi connectivity index (χ2v) is 4.76. The summed E-state index contributed by atoms with van der Waals surface area (Å²) >= 11 is 0. The minimum absolute atomic E-state index is 0.00726. The van der Waals surface area contributed by atoms with Gasteiger partial charge in [0.15, 0.2) is 0 Å². The van der Waals surface area contributed by atoms with E-state index in [9.17, 15) is 9.90 Å². The van der Waals surface area contributed by atoms with Crippen molar-refractivity contribution < 1.29 is 14.6 Å². The summed E-state index contributed by atoms with van der Waals surface area (Å²) in [5.41, 5.74) is 0. The Morgan fingerprint density at radius 1 is 1.18 bits per heavy atom. The number of aliphatic hydroxyl groups excluding tert-OH is 1. The number of morpholine rings is 1. The number of carbonyl (C=O) groups is 1. The minimum Gasteiger partial charge on any atom is -0.394 e. The number of likely N-dealkylation sites (tertiary alicyclic amines) is 1. The van der Waals surface area contributed by atoms with Crippen LogP contribution in [0.5, 0.6) is 0 Å². The van der Waals surface area contributed by atoms with Crippen LogP contribution in [0.3, 0.4) is 0 Å². The Bertz CT molecular complexity index is 254. The fourth-order valence-corrected chi connectivity index (χ4v) is 2.56. The average molecular weight is 242 g/mol. The number of urea groups is 1. The van der Waals surface area contributed by atoms with Gasteiger partial charge in [-0.2, -0.15) is 0 Å². The lowest BCUT2D eigenvalue weighted by Gasteiger charge is -2.36. The molecule has 2 amide bonds. The summed E-state index contributed by atoms with van der Waals surface area (Å²) in [5.74, 6) is 0. The van der Waals surface area contributed by atoms with Gasteiger partial charge in [0.05, 0.1) is 25.9 Å². The lowest BCUT2D eigenvalue weighted by Crippen LogP contribution is -2.52. The molecule has 0 bridgehead atoms. The van der Waals surface area contributed by atoms with Crippen molar-refractivity contribution in [1.29, 1.82) is 0 Å². The van der Waals surface area contributed by atoms with Gasteiger partial charge in [0, 0.05) is 19.6 Å². The van der Waals surface area contributed by atoms with Crippen LogP contribution in [0.4, 0.5) is 4.79 Å². The van der Waals surface area contributed by atoms with Gasteiger partial charge in [0.1, 0.15) is 0 Å². The van der Waals surface area contributed by atoms with E-state index < -0.39 is 0 Å². The molecule has 2 rings (SSSR count). The average Bonchev–Trinajstić information content (AvgIpc) is 2.64. The van der Waals surface area contributed by atoms with Gasteiger partial charge in [0.25, 0.3) is 0 Å². The molecule has 5 nitrogen and oxygen atoms in total. The zero-order chi connectivity index (χ0) is 12.1. The molecule has 2 aliphatic heterocycles. The molecule has 1 atom stereocenters. The van der Waals surface area contributed by atoms with Gasteiger partial charge in [-0.3, -0.25) is 0 Å². The Kier molecular flexibility index (Phi) is 4.62. The predicted molar refractivity (Wildman–Crippen MR) is 63.8 cm³/mol. The fraction of sp³-hybridized carbons (Fsp3) is 0.917. The van der Waals surface area contributed by atoms with E-state index in [1.807, 2.05) is 9.80 Å². The second-order valence-electron chi connectivity index (χ2n) is 4.76. The lowest BCUT2D eigenvalue weighted by molar-refractivity contribution is 0.0354. The van der Waals surface area contributed by atoms with Crippen LogP contribution in [0.15, 0.2) is 0 Å². The maximum atomic E-state index is 12.4. The third-order valence-corrected chi connectivity index (χ3v) is 3.62. The van der Waals surface area contributed by atoms with E-state index >= 15 is 0 Å². The van der Waals surface area contributed by atoms with Crippen molar-refractivity contribution in [1.82, 2.24) is 9.80 Å². The molecule has 1 unspecified atom stereocenters. The molecule has 1 N–H and O–H groups in total. The van der Waals surface area contributed by atoms with Gasteiger partial charge < -0.3 is 19.6 Å². The molecule has 0 spiro atoms. The van der Waals surface area contributed by atoms with Crippen molar-refractivity contribution in [3.05, 3.63) is 0 Å². The van der Waals surface area contributed by atoms with Crippen LogP contribution in [0, 0.1) is 0 Å². The molecule has 5 heteroatoms. The summed E-state index contributed by atoms with van der Waals surface area (Å²) in [6.07, 6.45) is 4.24. The second kappa shape index (κ2) is 6.21. The monoisotopic (exact) mass is 242 g/mol. The van der Waals surface area contributed by atoms with E-state index in [1.165, 1.54) is 0 Å². The number of hydrogen-bond acceptors (Lipinski definition) is 3. The highest BCUT2D eigenvalue weighted by atomic mass is 16.5. The van der Waals surface area contributed by atoms with Gasteiger partial charge in [-0.25, -0.2) is 4.79 Å². The van der Waals surface area contributed by atoms with Crippen LogP contribution in [-0.2, 0) is 4.74 Å². The van der Waals surface area contributed by atoms with E-state index in [0.29, 0.717) is 26.3 Å². The lowest BCUT2D eigenvalue weighted by atomic mass is 10.1. The normalized spacial score (nSPS) is 26.8. The molecule has 0 radical (unpaired) electrons. The van der Waals surface area contributed by atoms with Gasteiger partial charge >= 0.3 is 6.03 Å². The molecule has 2 fully saturated rings. The number of nitrogens with zero attached hydrogens (tertiary/aromatic N) is 2. The van der Waals surface area contributed by atoms with Gasteiger partial charge in [-0.1, -0.05) is 12.8 Å². The van der Waals surface area contributed by atoms with Crippen LogP contribution in [0.25, 0.3) is 0 Å². The van der Waals surface area contributed by atoms with Crippen LogP contribution >= 0.6 is 0 Å². The number of amides is 2. The minimum atomic E-state index is 0.00726. The first kappa shape index (κ1) is 12.6. The molecule has 98 valence electrons. The number of rotatable bonds is 1. The molecule has 2 saturated heterocycles. The largest absolute Gasteiger partial charge is 0.394 e. The molecule has 0 aromatic rings. The topological polar surface area (TPSA) is 53.0 Å². The molecule has 2 aliphatic rings. The standard InChI is InChI=1S/C12H22N2O3/c15-10-11-4-2-1-3-5-14(11)12(16)13-6-8-17-9-7-13/h11,15H,1-10H2. The molecular formula is C12H22N2O3. The Hall–Kier alpha value is -0.810. The van der Waals surface area contributed by atoms with Crippen LogP contribution in [-0.4, -0.2) is 66.4 Å². The first-order valence-electron chi connectivity index (χ1n) is 6.57. The molecule has 0 aromatic heterocycles. The first-order chi connectivity index (χ1) is 8.33. The maximum absolute atomic E-state index is 12.4. The number of carbonyl (C=O) groups excluding carboxylic acids is 1. The Balaban J connectivity index is 1.98. The van der Waals surface area contributed by atoms with E-state index in [-0.39, 0.29) is 18.7 Å².